The van der Waals surface area contributed by atoms with E-state index in [1.807, 2.05) is 6.92 Å². The van der Waals surface area contributed by atoms with Crippen molar-refractivity contribution in [3.63, 3.8) is 0 Å². The van der Waals surface area contributed by atoms with Crippen molar-refractivity contribution in [2.75, 3.05) is 6.61 Å². The van der Waals surface area contributed by atoms with Gasteiger partial charge in [-0.05, 0) is 38.1 Å². The van der Waals surface area contributed by atoms with Crippen molar-refractivity contribution in [2.45, 2.75) is 23.8 Å². The first-order valence-corrected chi connectivity index (χ1v) is 8.88. The normalized spacial score (nSPS) is 11.6. The van der Waals surface area contributed by atoms with Crippen LogP contribution in [0, 0.1) is 6.92 Å². The number of hydrogen-bond acceptors (Lipinski definition) is 5. The van der Waals surface area contributed by atoms with E-state index in [9.17, 15) is 13.2 Å². The summed E-state index contributed by atoms with van der Waals surface area (Å²) in [6.07, 6.45) is 1.40. The number of esters is 1. The third kappa shape index (κ3) is 2.78. The number of nitrogens with one attached hydrogen (secondary N) is 1. The topological polar surface area (TPSA) is 89.1 Å². The van der Waals surface area contributed by atoms with Crippen LogP contribution in [-0.4, -0.2) is 31.0 Å². The van der Waals surface area contributed by atoms with Crippen LogP contribution in [0.1, 0.15) is 23.0 Å². The van der Waals surface area contributed by atoms with E-state index >= 15 is 0 Å². The zero-order chi connectivity index (χ0) is 17.3. The molecule has 0 atom stereocenters. The van der Waals surface area contributed by atoms with Gasteiger partial charge in [0.2, 0.25) is 9.84 Å². The summed E-state index contributed by atoms with van der Waals surface area (Å²) in [4.78, 5) is 18.9. The molecule has 0 amide bonds. The summed E-state index contributed by atoms with van der Waals surface area (Å²) in [6, 6.07) is 9.63. The maximum atomic E-state index is 12.9. The molecule has 6 nitrogen and oxygen atoms in total. The molecule has 1 aromatic carbocycles. The fourth-order valence-electron chi connectivity index (χ4n) is 2.39. The molecule has 0 aliphatic rings. The van der Waals surface area contributed by atoms with E-state index in [0.717, 1.165) is 5.56 Å². The number of H-pyrrole nitrogens is 1. The first kappa shape index (κ1) is 16.2. The van der Waals surface area contributed by atoms with Crippen LogP contribution in [0.3, 0.4) is 0 Å². The Balaban J connectivity index is 2.15. The maximum absolute atomic E-state index is 12.9. The van der Waals surface area contributed by atoms with Gasteiger partial charge in [-0.1, -0.05) is 17.7 Å². The highest BCUT2D eigenvalue weighted by Gasteiger charge is 2.24. The standard InChI is InChI=1S/C17H16N2O4S/c1-3-23-17(20)15-10-13-14(19-15)8-9-18-16(13)24(21,22)12-6-4-11(2)5-7-12/h4-10,19H,3H2,1-2H3. The van der Waals surface area contributed by atoms with Gasteiger partial charge in [0, 0.05) is 11.6 Å². The molecule has 0 fully saturated rings. The van der Waals surface area contributed by atoms with Gasteiger partial charge in [0.15, 0.2) is 5.03 Å². The average Bonchev–Trinajstić information content (AvgIpc) is 2.99. The lowest BCUT2D eigenvalue weighted by Gasteiger charge is -2.05. The average molecular weight is 344 g/mol. The minimum atomic E-state index is -3.79. The van der Waals surface area contributed by atoms with Crippen molar-refractivity contribution in [1.29, 1.82) is 0 Å². The van der Waals surface area contributed by atoms with E-state index in [0.29, 0.717) is 10.9 Å². The number of pyridine rings is 1. The lowest BCUT2D eigenvalue weighted by molar-refractivity contribution is 0.0520. The number of ether oxygens (including phenoxy) is 1. The van der Waals surface area contributed by atoms with E-state index in [4.69, 9.17) is 4.74 Å². The Morgan fingerprint density at radius 3 is 2.58 bits per heavy atom. The fourth-order valence-corrected chi connectivity index (χ4v) is 3.77. The number of hydrogen-bond donors (Lipinski definition) is 1. The SMILES string of the molecule is CCOC(=O)c1cc2c(S(=O)(=O)c3ccc(C)cc3)nccc2[nH]1. The van der Waals surface area contributed by atoms with Crippen molar-refractivity contribution in [2.24, 2.45) is 0 Å². The molecule has 0 saturated carbocycles. The number of sulfone groups is 1. The third-order valence-electron chi connectivity index (χ3n) is 3.59. The zero-order valence-corrected chi connectivity index (χ0v) is 14.1. The molecule has 0 unspecified atom stereocenters. The van der Waals surface area contributed by atoms with Crippen LogP contribution in [-0.2, 0) is 14.6 Å². The van der Waals surface area contributed by atoms with Crippen molar-refractivity contribution >= 4 is 26.7 Å². The molecule has 0 bridgehead atoms. The molecule has 7 heteroatoms. The summed E-state index contributed by atoms with van der Waals surface area (Å²) < 4.78 is 30.7. The largest absolute Gasteiger partial charge is 0.461 e. The Kier molecular flexibility index (Phi) is 4.11. The number of fused-ring (bicyclic) bond motifs is 1. The minimum Gasteiger partial charge on any atom is -0.461 e. The highest BCUT2D eigenvalue weighted by Crippen LogP contribution is 2.27. The highest BCUT2D eigenvalue weighted by atomic mass is 32.2. The zero-order valence-electron chi connectivity index (χ0n) is 13.2. The Bertz CT molecular complexity index is 1000. The number of nitrogens with zero attached hydrogens (tertiary/aromatic N) is 1. The van der Waals surface area contributed by atoms with Gasteiger partial charge in [0.1, 0.15) is 5.69 Å². The van der Waals surface area contributed by atoms with Gasteiger partial charge in [0.05, 0.1) is 17.0 Å². The first-order valence-electron chi connectivity index (χ1n) is 7.40. The number of carbonyl (C=O) groups excluding carboxylic acids is 1. The van der Waals surface area contributed by atoms with Crippen LogP contribution in [0.5, 0.6) is 0 Å². The van der Waals surface area contributed by atoms with Gasteiger partial charge in [-0.25, -0.2) is 18.2 Å². The highest BCUT2D eigenvalue weighted by molar-refractivity contribution is 7.91. The second-order valence-corrected chi connectivity index (χ2v) is 7.16. The Labute approximate surface area is 139 Å². The summed E-state index contributed by atoms with van der Waals surface area (Å²) in [5.41, 5.74) is 1.67. The summed E-state index contributed by atoms with van der Waals surface area (Å²) in [6.45, 7) is 3.82. The van der Waals surface area contributed by atoms with E-state index < -0.39 is 15.8 Å². The molecule has 2 heterocycles. The van der Waals surface area contributed by atoms with Crippen molar-refractivity contribution in [1.82, 2.24) is 9.97 Å². The predicted octanol–water partition coefficient (Wildman–Crippen LogP) is 2.88. The van der Waals surface area contributed by atoms with Crippen LogP contribution in [0.15, 0.2) is 52.5 Å². The first-order chi connectivity index (χ1) is 11.4. The molecule has 0 saturated heterocycles. The molecular weight excluding hydrogens is 328 g/mol. The van der Waals surface area contributed by atoms with Crippen LogP contribution in [0.25, 0.3) is 10.9 Å². The molecular formula is C17H16N2O4S. The monoisotopic (exact) mass is 344 g/mol. The summed E-state index contributed by atoms with van der Waals surface area (Å²) in [5, 5.41) is 0.275. The number of carbonyl (C=O) groups is 1. The number of aromatic amines is 1. The predicted molar refractivity (Wildman–Crippen MR) is 88.7 cm³/mol. The molecule has 2 aromatic heterocycles. The Morgan fingerprint density at radius 1 is 1.21 bits per heavy atom. The summed E-state index contributed by atoms with van der Waals surface area (Å²) in [7, 11) is -3.79. The second-order valence-electron chi connectivity index (χ2n) is 5.30. The van der Waals surface area contributed by atoms with E-state index in [-0.39, 0.29) is 22.2 Å². The van der Waals surface area contributed by atoms with Crippen LogP contribution >= 0.6 is 0 Å². The Morgan fingerprint density at radius 2 is 1.92 bits per heavy atom. The van der Waals surface area contributed by atoms with Gasteiger partial charge >= 0.3 is 5.97 Å². The fraction of sp³-hybridized carbons (Fsp3) is 0.176. The van der Waals surface area contributed by atoms with Crippen LogP contribution in [0.2, 0.25) is 0 Å². The molecule has 0 aliphatic carbocycles. The van der Waals surface area contributed by atoms with E-state index in [1.54, 1.807) is 37.3 Å². The Hall–Kier alpha value is -2.67. The molecule has 3 aromatic rings. The molecule has 1 N–H and O–H groups in total. The van der Waals surface area contributed by atoms with E-state index in [1.165, 1.54) is 12.3 Å². The van der Waals surface area contributed by atoms with Crippen molar-refractivity contribution in [3.05, 3.63) is 53.9 Å². The lowest BCUT2D eigenvalue weighted by Crippen LogP contribution is -2.05. The molecule has 0 spiro atoms. The minimum absolute atomic E-state index is 0.0874. The number of benzene rings is 1. The van der Waals surface area contributed by atoms with Crippen LogP contribution < -0.4 is 0 Å². The molecule has 3 rings (SSSR count). The third-order valence-corrected chi connectivity index (χ3v) is 5.32. The number of rotatable bonds is 4. The van der Waals surface area contributed by atoms with Gasteiger partial charge in [-0.3, -0.25) is 0 Å². The van der Waals surface area contributed by atoms with Gasteiger partial charge in [-0.2, -0.15) is 0 Å². The summed E-state index contributed by atoms with van der Waals surface area (Å²) in [5.74, 6) is -0.535. The second kappa shape index (κ2) is 6.09. The number of aromatic nitrogens is 2. The van der Waals surface area contributed by atoms with Gasteiger partial charge < -0.3 is 9.72 Å². The van der Waals surface area contributed by atoms with Crippen molar-refractivity contribution in [3.8, 4) is 0 Å². The maximum Gasteiger partial charge on any atom is 0.354 e. The van der Waals surface area contributed by atoms with Gasteiger partial charge in [-0.15, -0.1) is 0 Å². The van der Waals surface area contributed by atoms with Crippen molar-refractivity contribution < 1.29 is 17.9 Å². The molecule has 24 heavy (non-hydrogen) atoms. The summed E-state index contributed by atoms with van der Waals surface area (Å²) >= 11 is 0. The molecule has 0 radical (unpaired) electrons. The lowest BCUT2D eigenvalue weighted by atomic mass is 10.2. The van der Waals surface area contributed by atoms with Gasteiger partial charge in [0.25, 0.3) is 0 Å². The quantitative estimate of drug-likeness (QED) is 0.735. The number of aryl methyl sites for hydroxylation is 1. The smallest absolute Gasteiger partial charge is 0.354 e. The van der Waals surface area contributed by atoms with E-state index in [2.05, 4.69) is 9.97 Å². The van der Waals surface area contributed by atoms with Crippen LogP contribution in [0.4, 0.5) is 0 Å². The molecule has 0 aliphatic heterocycles. The molecule has 124 valence electrons.